The van der Waals surface area contributed by atoms with E-state index in [1.165, 1.54) is 40.3 Å². The van der Waals surface area contributed by atoms with Crippen LogP contribution in [-0.2, 0) is 16.2 Å². The Morgan fingerprint density at radius 2 is 1.60 bits per heavy atom. The highest BCUT2D eigenvalue weighted by molar-refractivity contribution is 7.89. The van der Waals surface area contributed by atoms with Gasteiger partial charge in [0.05, 0.1) is 11.9 Å². The van der Waals surface area contributed by atoms with Gasteiger partial charge in [-0.15, -0.1) is 0 Å². The average Bonchev–Trinajstić information content (AvgIpc) is 3.38. The van der Waals surface area contributed by atoms with Gasteiger partial charge in [0, 0.05) is 39.3 Å². The van der Waals surface area contributed by atoms with Crippen LogP contribution in [0.5, 0.6) is 0 Å². The van der Waals surface area contributed by atoms with Gasteiger partial charge in [0.1, 0.15) is 16.5 Å². The molecule has 0 bridgehead atoms. The first-order valence-electron chi connectivity index (χ1n) is 15.2. The van der Waals surface area contributed by atoms with Crippen LogP contribution >= 0.6 is 0 Å². The van der Waals surface area contributed by atoms with Crippen LogP contribution in [0.25, 0.3) is 0 Å². The number of nitrogens with one attached hydrogen (secondary N) is 1. The normalized spacial score (nSPS) is 17.0. The quantitative estimate of drug-likeness (QED) is 0.247. The van der Waals surface area contributed by atoms with E-state index in [0.29, 0.717) is 44.7 Å². The van der Waals surface area contributed by atoms with E-state index in [1.54, 1.807) is 11.0 Å². The minimum atomic E-state index is -4.92. The summed E-state index contributed by atoms with van der Waals surface area (Å²) >= 11 is 0. The van der Waals surface area contributed by atoms with Crippen LogP contribution < -0.4 is 15.1 Å². The molecule has 248 valence electrons. The fourth-order valence-electron chi connectivity index (χ4n) is 5.91. The maximum atomic E-state index is 14.2. The third-order valence-electron chi connectivity index (χ3n) is 8.37. The number of halogens is 4. The molecule has 4 heterocycles. The number of benzene rings is 2. The van der Waals surface area contributed by atoms with Crippen molar-refractivity contribution in [2.24, 2.45) is 0 Å². The molecule has 2 saturated heterocycles. The van der Waals surface area contributed by atoms with Crippen LogP contribution in [0.4, 0.5) is 35.1 Å². The van der Waals surface area contributed by atoms with Gasteiger partial charge in [-0.05, 0) is 55.0 Å². The van der Waals surface area contributed by atoms with Crippen molar-refractivity contribution in [3.8, 4) is 0 Å². The number of carbonyl (C=O) groups is 1. The summed E-state index contributed by atoms with van der Waals surface area (Å²) in [5, 5.41) is 2.41. The summed E-state index contributed by atoms with van der Waals surface area (Å²) < 4.78 is 88.7. The fourth-order valence-corrected chi connectivity index (χ4v) is 7.45. The third kappa shape index (κ3) is 7.10. The molecule has 2 fully saturated rings. The molecule has 1 amide bonds. The minimum Gasteiger partial charge on any atom is -0.417 e. The molecule has 1 N–H and O–H groups in total. The van der Waals surface area contributed by atoms with E-state index in [1.807, 2.05) is 35.2 Å². The number of anilines is 3. The number of piperidine rings is 1. The fraction of sp³-hybridized carbons (Fsp3) is 0.344. The van der Waals surface area contributed by atoms with Crippen LogP contribution in [0, 0.1) is 5.82 Å². The number of sulfonamides is 1. The highest BCUT2D eigenvalue weighted by Crippen LogP contribution is 2.36. The van der Waals surface area contributed by atoms with Gasteiger partial charge in [-0.2, -0.15) is 22.5 Å². The van der Waals surface area contributed by atoms with Gasteiger partial charge in [0.15, 0.2) is 5.69 Å². The second-order valence-electron chi connectivity index (χ2n) is 11.4. The predicted octanol–water partition coefficient (Wildman–Crippen LogP) is 5.76. The van der Waals surface area contributed by atoms with Gasteiger partial charge in [-0.1, -0.05) is 42.5 Å². The summed E-state index contributed by atoms with van der Waals surface area (Å²) in [7, 11) is -4.04. The number of pyridine rings is 1. The highest BCUT2D eigenvalue weighted by atomic mass is 32.2. The molecule has 6 rings (SSSR count). The zero-order chi connectivity index (χ0) is 33.2. The maximum Gasteiger partial charge on any atom is 0.437 e. The molecule has 4 aromatic rings. The first-order valence-corrected chi connectivity index (χ1v) is 16.6. The summed E-state index contributed by atoms with van der Waals surface area (Å²) in [5.74, 6) is -2.13. The Morgan fingerprint density at radius 1 is 0.872 bits per heavy atom. The van der Waals surface area contributed by atoms with Crippen molar-refractivity contribution in [1.29, 1.82) is 0 Å². The molecule has 47 heavy (non-hydrogen) atoms. The molecular weight excluding hydrogens is 640 g/mol. The van der Waals surface area contributed by atoms with Crippen molar-refractivity contribution in [2.45, 2.75) is 36.3 Å². The second kappa shape index (κ2) is 13.3. The second-order valence-corrected chi connectivity index (χ2v) is 13.3. The number of carbonyl (C=O) groups excluding carboxylic acids is 1. The Kier molecular flexibility index (Phi) is 9.19. The van der Waals surface area contributed by atoms with Crippen molar-refractivity contribution in [1.82, 2.24) is 14.3 Å². The van der Waals surface area contributed by atoms with Gasteiger partial charge in [0.2, 0.25) is 15.8 Å². The zero-order valence-corrected chi connectivity index (χ0v) is 26.0. The lowest BCUT2D eigenvalue weighted by Crippen LogP contribution is -2.35. The predicted molar refractivity (Wildman–Crippen MR) is 166 cm³/mol. The number of oxazole rings is 1. The standard InChI is InChI=1S/C32H32F4N6O4S/c33-25-9-4-5-10-26(25)47(44,45)42-16-6-15-40(19-20-42)27-12-11-24(21-37-27)38-30(43)28-29(32(34,35)36)39-31(46-28)41-17-13-23(14-18-41)22-7-2-1-3-8-22/h1-5,7-12,21,23H,6,13-20H2,(H,38,43). The van der Waals surface area contributed by atoms with Gasteiger partial charge >= 0.3 is 6.18 Å². The van der Waals surface area contributed by atoms with E-state index in [-0.39, 0.29) is 42.1 Å². The number of amides is 1. The summed E-state index contributed by atoms with van der Waals surface area (Å²) in [4.78, 5) is 24.1. The van der Waals surface area contributed by atoms with Crippen molar-refractivity contribution >= 4 is 33.5 Å². The SMILES string of the molecule is O=C(Nc1ccc(N2CCCN(S(=O)(=O)c3ccccc3F)CC2)nc1)c1oc(N2CCC(c3ccccc3)CC2)nc1C(F)(F)F. The molecule has 0 radical (unpaired) electrons. The van der Waals surface area contributed by atoms with Gasteiger partial charge in [0.25, 0.3) is 11.9 Å². The lowest BCUT2D eigenvalue weighted by atomic mass is 9.90. The Morgan fingerprint density at radius 3 is 2.28 bits per heavy atom. The van der Waals surface area contributed by atoms with Crippen LogP contribution in [0.1, 0.15) is 47.0 Å². The number of aromatic nitrogens is 2. The molecule has 0 unspecified atom stereocenters. The van der Waals surface area contributed by atoms with Gasteiger partial charge in [-0.25, -0.2) is 17.8 Å². The monoisotopic (exact) mass is 672 g/mol. The largest absolute Gasteiger partial charge is 0.437 e. The maximum absolute atomic E-state index is 14.2. The van der Waals surface area contributed by atoms with E-state index in [9.17, 15) is 30.8 Å². The minimum absolute atomic E-state index is 0.0921. The molecule has 2 aromatic heterocycles. The molecule has 0 aliphatic carbocycles. The Balaban J connectivity index is 1.10. The Hall–Kier alpha value is -4.50. The van der Waals surface area contributed by atoms with Crippen LogP contribution in [0.15, 0.2) is 82.2 Å². The molecule has 0 atom stereocenters. The molecule has 10 nitrogen and oxygen atoms in total. The number of nitrogens with zero attached hydrogens (tertiary/aromatic N) is 5. The molecule has 2 aliphatic heterocycles. The van der Waals surface area contributed by atoms with Crippen molar-refractivity contribution in [2.75, 3.05) is 54.4 Å². The summed E-state index contributed by atoms with van der Waals surface area (Å²) in [5.41, 5.74) is -0.105. The third-order valence-corrected chi connectivity index (χ3v) is 10.3. The first-order chi connectivity index (χ1) is 22.5. The van der Waals surface area contributed by atoms with Crippen molar-refractivity contribution < 1.29 is 35.2 Å². The first kappa shape index (κ1) is 32.4. The van der Waals surface area contributed by atoms with Crippen LogP contribution in [0.3, 0.4) is 0 Å². The van der Waals surface area contributed by atoms with Crippen molar-refractivity contribution in [3.63, 3.8) is 0 Å². The molecular formula is C32H32F4N6O4S. The Labute approximate surface area is 269 Å². The summed E-state index contributed by atoms with van der Waals surface area (Å²) in [6.45, 7) is 1.85. The van der Waals surface area contributed by atoms with Crippen LogP contribution in [-0.4, -0.2) is 67.9 Å². The van der Waals surface area contributed by atoms with Crippen LogP contribution in [0.2, 0.25) is 0 Å². The lowest BCUT2D eigenvalue weighted by Gasteiger charge is -2.31. The number of rotatable bonds is 7. The highest BCUT2D eigenvalue weighted by Gasteiger charge is 2.42. The number of hydrogen-bond donors (Lipinski definition) is 1. The smallest absolute Gasteiger partial charge is 0.417 e. The molecule has 15 heteroatoms. The van der Waals surface area contributed by atoms with E-state index >= 15 is 0 Å². The van der Waals surface area contributed by atoms with E-state index in [2.05, 4.69) is 15.3 Å². The molecule has 0 saturated carbocycles. The average molecular weight is 673 g/mol. The number of alkyl halides is 3. The van der Waals surface area contributed by atoms with Gasteiger partial charge < -0.3 is 19.5 Å². The molecule has 2 aromatic carbocycles. The van der Waals surface area contributed by atoms with E-state index in [4.69, 9.17) is 4.42 Å². The summed E-state index contributed by atoms with van der Waals surface area (Å²) in [6.07, 6.45) is -1.77. The van der Waals surface area contributed by atoms with Gasteiger partial charge in [-0.3, -0.25) is 4.79 Å². The van der Waals surface area contributed by atoms with E-state index < -0.39 is 39.4 Å². The van der Waals surface area contributed by atoms with E-state index in [0.717, 1.165) is 6.07 Å². The zero-order valence-electron chi connectivity index (χ0n) is 25.2. The number of hydrogen-bond acceptors (Lipinski definition) is 8. The topological polar surface area (TPSA) is 112 Å². The molecule has 0 spiro atoms. The van der Waals surface area contributed by atoms with Crippen molar-refractivity contribution in [3.05, 3.63) is 95.8 Å². The molecule has 2 aliphatic rings. The Bertz CT molecular complexity index is 1810. The lowest BCUT2D eigenvalue weighted by molar-refractivity contribution is -0.141. The summed E-state index contributed by atoms with van der Waals surface area (Å²) in [6, 6.07) is 17.9.